The first kappa shape index (κ1) is 21.4. The van der Waals surface area contributed by atoms with E-state index in [0.29, 0.717) is 22.8 Å². The molecule has 0 saturated carbocycles. The lowest BCUT2D eigenvalue weighted by molar-refractivity contribution is -0.147. The number of esters is 1. The second-order valence-electron chi connectivity index (χ2n) is 6.44. The van der Waals surface area contributed by atoms with Gasteiger partial charge >= 0.3 is 5.97 Å². The van der Waals surface area contributed by atoms with Crippen LogP contribution in [0.2, 0.25) is 5.02 Å². The summed E-state index contributed by atoms with van der Waals surface area (Å²) in [6.07, 6.45) is 0.564. The Bertz CT molecular complexity index is 850. The van der Waals surface area contributed by atoms with Crippen molar-refractivity contribution >= 4 is 40.8 Å². The molecule has 148 valence electrons. The highest BCUT2D eigenvalue weighted by molar-refractivity contribution is 6.30. The number of rotatable bonds is 8. The molecule has 2 N–H and O–H groups in total. The normalized spacial score (nSPS) is 10.2. The van der Waals surface area contributed by atoms with Gasteiger partial charge in [0.05, 0.1) is 0 Å². The number of benzene rings is 2. The van der Waals surface area contributed by atoms with Gasteiger partial charge in [0.15, 0.2) is 6.61 Å². The van der Waals surface area contributed by atoms with E-state index in [0.717, 1.165) is 11.1 Å². The smallest absolute Gasteiger partial charge is 0.306 e. The average molecular weight is 403 g/mol. The van der Waals surface area contributed by atoms with Crippen LogP contribution < -0.4 is 10.6 Å². The molecule has 2 rings (SSSR count). The van der Waals surface area contributed by atoms with Gasteiger partial charge in [0.25, 0.3) is 5.91 Å². The van der Waals surface area contributed by atoms with Crippen LogP contribution in [0.3, 0.4) is 0 Å². The molecule has 28 heavy (non-hydrogen) atoms. The molecule has 0 aliphatic rings. The maximum absolute atomic E-state index is 11.9. The fourth-order valence-electron chi connectivity index (χ4n) is 2.43. The predicted molar refractivity (Wildman–Crippen MR) is 109 cm³/mol. The van der Waals surface area contributed by atoms with E-state index in [1.165, 1.54) is 0 Å². The molecular formula is C21H23ClN2O4. The van der Waals surface area contributed by atoms with Gasteiger partial charge in [-0.25, -0.2) is 0 Å². The minimum atomic E-state index is -0.518. The Balaban J connectivity index is 1.65. The molecule has 2 aromatic carbocycles. The topological polar surface area (TPSA) is 84.5 Å². The largest absolute Gasteiger partial charge is 0.456 e. The summed E-state index contributed by atoms with van der Waals surface area (Å²) in [5.74, 6) is -1.12. The molecule has 6 nitrogen and oxygen atoms in total. The number of amides is 2. The van der Waals surface area contributed by atoms with Crippen molar-refractivity contribution in [2.75, 3.05) is 17.2 Å². The highest BCUT2D eigenvalue weighted by Gasteiger charge is 2.10. The highest BCUT2D eigenvalue weighted by Crippen LogP contribution is 2.16. The Morgan fingerprint density at radius 2 is 1.64 bits per heavy atom. The lowest BCUT2D eigenvalue weighted by atomic mass is 10.1. The number of anilines is 2. The van der Waals surface area contributed by atoms with Gasteiger partial charge in [0.1, 0.15) is 0 Å². The standard InChI is InChI=1S/C21H23ClN2O4/c1-14-6-7-15(2)18(12-14)24-20(26)13-28-21(27)5-3-4-19(25)23-17-10-8-16(22)9-11-17/h6-12H,3-5,13H2,1-2H3,(H,23,25)(H,24,26). The Kier molecular flexibility index (Phi) is 8.02. The second-order valence-corrected chi connectivity index (χ2v) is 6.87. The lowest BCUT2D eigenvalue weighted by Crippen LogP contribution is -2.21. The number of ether oxygens (including phenoxy) is 1. The molecule has 0 aliphatic heterocycles. The van der Waals surface area contributed by atoms with E-state index in [-0.39, 0.29) is 25.4 Å². The molecule has 0 fully saturated rings. The fourth-order valence-corrected chi connectivity index (χ4v) is 2.55. The summed E-state index contributed by atoms with van der Waals surface area (Å²) in [6, 6.07) is 12.5. The molecule has 0 aliphatic carbocycles. The molecular weight excluding hydrogens is 380 g/mol. The van der Waals surface area contributed by atoms with Crippen molar-refractivity contribution in [2.24, 2.45) is 0 Å². The van der Waals surface area contributed by atoms with E-state index < -0.39 is 11.9 Å². The summed E-state index contributed by atoms with van der Waals surface area (Å²) in [4.78, 5) is 35.5. The first-order valence-corrected chi connectivity index (χ1v) is 9.29. The molecule has 0 aromatic heterocycles. The molecule has 0 unspecified atom stereocenters. The van der Waals surface area contributed by atoms with Crippen LogP contribution in [-0.4, -0.2) is 24.4 Å². The SMILES string of the molecule is Cc1ccc(C)c(NC(=O)COC(=O)CCCC(=O)Nc2ccc(Cl)cc2)c1. The van der Waals surface area contributed by atoms with Crippen LogP contribution in [0.15, 0.2) is 42.5 Å². The summed E-state index contributed by atoms with van der Waals surface area (Å²) in [7, 11) is 0. The van der Waals surface area contributed by atoms with Crippen molar-refractivity contribution in [1.82, 2.24) is 0 Å². The Morgan fingerprint density at radius 3 is 2.36 bits per heavy atom. The summed E-state index contributed by atoms with van der Waals surface area (Å²) in [6.45, 7) is 3.46. The third-order valence-electron chi connectivity index (χ3n) is 3.94. The molecule has 0 bridgehead atoms. The minimum Gasteiger partial charge on any atom is -0.456 e. The summed E-state index contributed by atoms with van der Waals surface area (Å²) >= 11 is 5.79. The highest BCUT2D eigenvalue weighted by atomic mass is 35.5. The third kappa shape index (κ3) is 7.40. The van der Waals surface area contributed by atoms with Gasteiger partial charge in [-0.05, 0) is 61.7 Å². The molecule has 0 spiro atoms. The van der Waals surface area contributed by atoms with E-state index in [9.17, 15) is 14.4 Å². The molecule has 0 heterocycles. The Labute approximate surface area is 169 Å². The quantitative estimate of drug-likeness (QED) is 0.646. The van der Waals surface area contributed by atoms with Gasteiger partial charge in [0, 0.05) is 29.2 Å². The number of hydrogen-bond acceptors (Lipinski definition) is 4. The Morgan fingerprint density at radius 1 is 0.929 bits per heavy atom. The van der Waals surface area contributed by atoms with Crippen LogP contribution in [0.25, 0.3) is 0 Å². The maximum Gasteiger partial charge on any atom is 0.306 e. The van der Waals surface area contributed by atoms with Crippen LogP contribution >= 0.6 is 11.6 Å². The van der Waals surface area contributed by atoms with Crippen LogP contribution in [0.5, 0.6) is 0 Å². The van der Waals surface area contributed by atoms with Crippen molar-refractivity contribution in [3.05, 3.63) is 58.6 Å². The first-order chi connectivity index (χ1) is 13.3. The average Bonchev–Trinajstić information content (AvgIpc) is 2.65. The minimum absolute atomic E-state index is 0.0603. The van der Waals surface area contributed by atoms with Crippen molar-refractivity contribution in [3.8, 4) is 0 Å². The van der Waals surface area contributed by atoms with Crippen LogP contribution in [0, 0.1) is 13.8 Å². The summed E-state index contributed by atoms with van der Waals surface area (Å²) in [5, 5.41) is 6.02. The van der Waals surface area contributed by atoms with Gasteiger partial charge < -0.3 is 15.4 Å². The van der Waals surface area contributed by atoms with E-state index >= 15 is 0 Å². The third-order valence-corrected chi connectivity index (χ3v) is 4.20. The lowest BCUT2D eigenvalue weighted by Gasteiger charge is -2.10. The summed E-state index contributed by atoms with van der Waals surface area (Å²) < 4.78 is 4.96. The first-order valence-electron chi connectivity index (χ1n) is 8.91. The monoisotopic (exact) mass is 402 g/mol. The van der Waals surface area contributed by atoms with Crippen molar-refractivity contribution in [3.63, 3.8) is 0 Å². The number of hydrogen-bond donors (Lipinski definition) is 2. The zero-order valence-electron chi connectivity index (χ0n) is 15.9. The van der Waals surface area contributed by atoms with E-state index in [4.69, 9.17) is 16.3 Å². The van der Waals surface area contributed by atoms with Crippen LogP contribution in [-0.2, 0) is 19.1 Å². The Hall–Kier alpha value is -2.86. The molecule has 0 radical (unpaired) electrons. The van der Waals surface area contributed by atoms with Crippen molar-refractivity contribution in [2.45, 2.75) is 33.1 Å². The number of carbonyl (C=O) groups excluding carboxylic acids is 3. The number of halogens is 1. The van der Waals surface area contributed by atoms with Crippen LogP contribution in [0.1, 0.15) is 30.4 Å². The second kappa shape index (κ2) is 10.5. The van der Waals surface area contributed by atoms with Gasteiger partial charge in [-0.2, -0.15) is 0 Å². The predicted octanol–water partition coefficient (Wildman–Crippen LogP) is 4.25. The van der Waals surface area contributed by atoms with Gasteiger partial charge in [-0.15, -0.1) is 0 Å². The van der Waals surface area contributed by atoms with Gasteiger partial charge in [0.2, 0.25) is 5.91 Å². The molecule has 7 heteroatoms. The summed E-state index contributed by atoms with van der Waals surface area (Å²) in [5.41, 5.74) is 3.28. The van der Waals surface area contributed by atoms with Gasteiger partial charge in [-0.1, -0.05) is 23.7 Å². The molecule has 0 saturated heterocycles. The van der Waals surface area contributed by atoms with Crippen LogP contribution in [0.4, 0.5) is 11.4 Å². The number of nitrogens with one attached hydrogen (secondary N) is 2. The van der Waals surface area contributed by atoms with Gasteiger partial charge in [-0.3, -0.25) is 14.4 Å². The van der Waals surface area contributed by atoms with Crippen molar-refractivity contribution < 1.29 is 19.1 Å². The van der Waals surface area contributed by atoms with E-state index in [1.807, 2.05) is 32.0 Å². The van der Waals surface area contributed by atoms with E-state index in [1.54, 1.807) is 24.3 Å². The van der Waals surface area contributed by atoms with E-state index in [2.05, 4.69) is 10.6 Å². The molecule has 2 aromatic rings. The van der Waals surface area contributed by atoms with Crippen molar-refractivity contribution in [1.29, 1.82) is 0 Å². The molecule has 0 atom stereocenters. The maximum atomic E-state index is 11.9. The fraction of sp³-hybridized carbons (Fsp3) is 0.286. The zero-order valence-corrected chi connectivity index (χ0v) is 16.6. The number of aryl methyl sites for hydroxylation is 2. The number of carbonyl (C=O) groups is 3. The molecule has 2 amide bonds. The zero-order chi connectivity index (χ0) is 20.5.